The number of hydrogen-bond donors (Lipinski definition) is 4. The fourth-order valence-corrected chi connectivity index (χ4v) is 12.6. The van der Waals surface area contributed by atoms with Crippen LogP contribution in [0.2, 0.25) is 0 Å². The Hall–Kier alpha value is -3.34. The minimum Gasteiger partial charge on any atom is -0.466 e. The SMILES string of the molecule is CCCCC(CCCOC(=O)CCC(=O)OCCCC(CCCC)(C(=O)OC1CC(C)(C)NC(C)(C)C1)C(=O)OC1CC(C)(C)NC(C)(C)C1)(C(=O)OC1CCNCC1)C(=O)OC1CC(C)(C)NC(C)(C)C1. The molecule has 0 aromatic rings. The average Bonchev–Trinajstić information content (AvgIpc) is 3.22. The number of nitrogens with one attached hydrogen (secondary N) is 4. The van der Waals surface area contributed by atoms with Crippen molar-refractivity contribution in [1.82, 2.24) is 21.3 Å². The first-order chi connectivity index (χ1) is 33.4. The van der Waals surface area contributed by atoms with Gasteiger partial charge in [-0.2, -0.15) is 0 Å². The zero-order valence-electron chi connectivity index (χ0n) is 47.2. The predicted molar refractivity (Wildman–Crippen MR) is 277 cm³/mol. The molecule has 414 valence electrons. The highest BCUT2D eigenvalue weighted by molar-refractivity contribution is 6.01. The molecule has 4 rings (SSSR count). The maximum Gasteiger partial charge on any atom is 0.323 e. The quantitative estimate of drug-likeness (QED) is 0.0292. The Labute approximate surface area is 433 Å². The van der Waals surface area contributed by atoms with E-state index in [1.165, 1.54) is 0 Å². The van der Waals surface area contributed by atoms with Crippen molar-refractivity contribution in [3.63, 3.8) is 0 Å². The van der Waals surface area contributed by atoms with Crippen LogP contribution >= 0.6 is 0 Å². The number of carbonyl (C=O) groups is 6. The van der Waals surface area contributed by atoms with E-state index >= 15 is 0 Å². The van der Waals surface area contributed by atoms with Gasteiger partial charge in [-0.25, -0.2) is 0 Å². The maximum atomic E-state index is 14.6. The van der Waals surface area contributed by atoms with E-state index in [9.17, 15) is 28.8 Å². The second-order valence-corrected chi connectivity index (χ2v) is 25.9. The number of rotatable bonds is 25. The molecule has 4 heterocycles. The maximum absolute atomic E-state index is 14.6. The lowest BCUT2D eigenvalue weighted by Crippen LogP contribution is -2.61. The Morgan fingerprint density at radius 2 is 0.681 bits per heavy atom. The third-order valence-electron chi connectivity index (χ3n) is 14.9. The summed E-state index contributed by atoms with van der Waals surface area (Å²) >= 11 is 0. The second-order valence-electron chi connectivity index (χ2n) is 25.9. The van der Waals surface area contributed by atoms with Gasteiger partial charge in [0, 0.05) is 71.8 Å². The molecule has 16 nitrogen and oxygen atoms in total. The summed E-state index contributed by atoms with van der Waals surface area (Å²) in [6.45, 7) is 30.2. The Kier molecular flexibility index (Phi) is 21.6. The van der Waals surface area contributed by atoms with Crippen LogP contribution in [0.1, 0.15) is 225 Å². The van der Waals surface area contributed by atoms with E-state index in [0.29, 0.717) is 77.3 Å². The van der Waals surface area contributed by atoms with Gasteiger partial charge < -0.3 is 49.7 Å². The number of hydrogen-bond acceptors (Lipinski definition) is 16. The summed E-state index contributed by atoms with van der Waals surface area (Å²) in [5.41, 5.74) is -4.95. The van der Waals surface area contributed by atoms with Gasteiger partial charge in [-0.15, -0.1) is 0 Å². The molecule has 1 atom stereocenters. The molecule has 0 bridgehead atoms. The molecular formula is C56H98N4O12. The van der Waals surface area contributed by atoms with Crippen LogP contribution in [0.3, 0.4) is 0 Å². The van der Waals surface area contributed by atoms with Gasteiger partial charge in [0.15, 0.2) is 10.8 Å². The van der Waals surface area contributed by atoms with Crippen LogP contribution in [0, 0.1) is 10.8 Å². The molecule has 1 unspecified atom stereocenters. The van der Waals surface area contributed by atoms with Crippen molar-refractivity contribution in [3.05, 3.63) is 0 Å². The molecule has 4 saturated heterocycles. The zero-order chi connectivity index (χ0) is 53.8. The first-order valence-electron chi connectivity index (χ1n) is 27.6. The van der Waals surface area contributed by atoms with Gasteiger partial charge in [-0.1, -0.05) is 39.5 Å². The molecule has 0 aromatic heterocycles. The van der Waals surface area contributed by atoms with Gasteiger partial charge in [-0.05, 0) is 148 Å². The molecule has 0 saturated carbocycles. The standard InChI is InChI=1S/C56H98N4O12/c1-15-17-25-55(45(63)69-39-23-29-57-30-24-39,46(64)70-40-33-49(3,4)58-50(5,6)34-40)27-19-31-67-43(61)21-22-44(62)68-32-20-28-56(26-18-16-2,47(65)71-41-35-51(7,8)59-52(9,10)36-41)48(66)72-42-37-53(11,12)60-54(13,14)38-42/h39-42,57-60H,15-38H2,1-14H3. The molecular weight excluding hydrogens is 921 g/mol. The fraction of sp³-hybridized carbons (Fsp3) is 0.893. The van der Waals surface area contributed by atoms with Crippen molar-refractivity contribution < 1.29 is 57.2 Å². The lowest BCUT2D eigenvalue weighted by Gasteiger charge is -2.47. The lowest BCUT2D eigenvalue weighted by molar-refractivity contribution is -0.186. The van der Waals surface area contributed by atoms with Crippen LogP contribution in [-0.4, -0.2) is 120 Å². The topological polar surface area (TPSA) is 206 Å². The molecule has 4 fully saturated rings. The van der Waals surface area contributed by atoms with Crippen molar-refractivity contribution in [2.75, 3.05) is 26.3 Å². The number of carbonyl (C=O) groups excluding carboxylic acids is 6. The number of ether oxygens (including phenoxy) is 6. The van der Waals surface area contributed by atoms with Gasteiger partial charge in [-0.3, -0.25) is 28.8 Å². The third-order valence-corrected chi connectivity index (χ3v) is 14.9. The fourth-order valence-electron chi connectivity index (χ4n) is 12.6. The molecule has 0 spiro atoms. The van der Waals surface area contributed by atoms with E-state index in [0.717, 1.165) is 12.8 Å². The molecule has 4 aliphatic rings. The van der Waals surface area contributed by atoms with Crippen molar-refractivity contribution in [2.45, 2.75) is 283 Å². The predicted octanol–water partition coefficient (Wildman–Crippen LogP) is 8.62. The Balaban J connectivity index is 1.38. The van der Waals surface area contributed by atoms with E-state index in [4.69, 9.17) is 28.4 Å². The summed E-state index contributed by atoms with van der Waals surface area (Å²) in [4.78, 5) is 84.0. The molecule has 72 heavy (non-hydrogen) atoms. The second kappa shape index (κ2) is 25.5. The lowest BCUT2D eigenvalue weighted by atomic mass is 9.77. The minimum atomic E-state index is -1.61. The van der Waals surface area contributed by atoms with Gasteiger partial charge >= 0.3 is 35.8 Å². The van der Waals surface area contributed by atoms with Gasteiger partial charge in [0.25, 0.3) is 0 Å². The summed E-state index contributed by atoms with van der Waals surface area (Å²) in [6, 6.07) is 0. The first-order valence-corrected chi connectivity index (χ1v) is 27.6. The number of piperidine rings is 4. The average molecular weight is 1020 g/mol. The van der Waals surface area contributed by atoms with Crippen LogP contribution in [0.25, 0.3) is 0 Å². The minimum absolute atomic E-state index is 0.0576. The molecule has 0 amide bonds. The van der Waals surface area contributed by atoms with E-state index in [1.54, 1.807) is 0 Å². The Morgan fingerprint density at radius 1 is 0.417 bits per heavy atom. The molecule has 4 aliphatic heterocycles. The van der Waals surface area contributed by atoms with Crippen molar-refractivity contribution >= 4 is 35.8 Å². The van der Waals surface area contributed by atoms with E-state index in [-0.39, 0.29) is 104 Å². The van der Waals surface area contributed by atoms with Crippen molar-refractivity contribution in [2.24, 2.45) is 10.8 Å². The summed E-state index contributed by atoms with van der Waals surface area (Å²) < 4.78 is 36.2. The number of unbranched alkanes of at least 4 members (excludes halogenated alkanes) is 2. The summed E-state index contributed by atoms with van der Waals surface area (Å²) in [5.74, 6) is -3.63. The van der Waals surface area contributed by atoms with Crippen molar-refractivity contribution in [3.8, 4) is 0 Å². The van der Waals surface area contributed by atoms with Crippen molar-refractivity contribution in [1.29, 1.82) is 0 Å². The smallest absolute Gasteiger partial charge is 0.323 e. The number of esters is 6. The van der Waals surface area contributed by atoms with Gasteiger partial charge in [0.1, 0.15) is 24.4 Å². The van der Waals surface area contributed by atoms with Crippen LogP contribution in [0.15, 0.2) is 0 Å². The molecule has 0 radical (unpaired) electrons. The largest absolute Gasteiger partial charge is 0.466 e. The molecule has 4 N–H and O–H groups in total. The third kappa shape index (κ3) is 18.8. The highest BCUT2D eigenvalue weighted by atomic mass is 16.6. The monoisotopic (exact) mass is 1020 g/mol. The van der Waals surface area contributed by atoms with Crippen LogP contribution in [0.4, 0.5) is 0 Å². The molecule has 16 heteroatoms. The van der Waals surface area contributed by atoms with Gasteiger partial charge in [0.2, 0.25) is 0 Å². The van der Waals surface area contributed by atoms with E-state index in [2.05, 4.69) is 104 Å². The molecule has 0 aromatic carbocycles. The highest BCUT2D eigenvalue weighted by Gasteiger charge is 2.53. The zero-order valence-corrected chi connectivity index (χ0v) is 47.2. The molecule has 0 aliphatic carbocycles. The Morgan fingerprint density at radius 3 is 0.958 bits per heavy atom. The summed E-state index contributed by atoms with van der Waals surface area (Å²) in [5, 5.41) is 14.2. The van der Waals surface area contributed by atoms with E-state index in [1.807, 2.05) is 13.8 Å². The van der Waals surface area contributed by atoms with Gasteiger partial charge in [0.05, 0.1) is 26.1 Å². The Bertz CT molecular complexity index is 1740. The van der Waals surface area contributed by atoms with E-state index < -0.39 is 65.0 Å². The summed E-state index contributed by atoms with van der Waals surface area (Å²) in [7, 11) is 0. The first kappa shape index (κ1) is 61.2. The van der Waals surface area contributed by atoms with Crippen LogP contribution in [-0.2, 0) is 57.2 Å². The van der Waals surface area contributed by atoms with Crippen LogP contribution < -0.4 is 21.3 Å². The van der Waals surface area contributed by atoms with Crippen LogP contribution in [0.5, 0.6) is 0 Å². The normalized spacial score (nSPS) is 22.9. The highest BCUT2D eigenvalue weighted by Crippen LogP contribution is 2.41. The summed E-state index contributed by atoms with van der Waals surface area (Å²) in [6.07, 6.45) is 6.41.